The Kier molecular flexibility index (Phi) is 5.88. The predicted octanol–water partition coefficient (Wildman–Crippen LogP) is 8.68. The molecule has 0 bridgehead atoms. The standard InChI is InChI=1S/C28H31O3P/c1-18-14-16-25-27(20(18)3)28-21(4)19(2)15-17-26(28)31-32(30-25)29-24-13-9-8-12-23(24)22-10-6-5-7-11-22/h5-7,10-11,14-17,23-24H,8-9,12-13H2,1-4H3/t23-,24+/m0/s1. The Labute approximate surface area is 191 Å². The minimum Gasteiger partial charge on any atom is -0.399 e. The molecular formula is C28H31O3P. The van der Waals surface area contributed by atoms with Gasteiger partial charge in [-0.05, 0) is 80.5 Å². The summed E-state index contributed by atoms with van der Waals surface area (Å²) in [6.45, 7) is 8.64. The van der Waals surface area contributed by atoms with Crippen LogP contribution in [0.2, 0.25) is 0 Å². The molecule has 0 aliphatic heterocycles. The lowest BCUT2D eigenvalue weighted by Gasteiger charge is -2.30. The third kappa shape index (κ3) is 3.89. The van der Waals surface area contributed by atoms with Crippen LogP contribution in [0, 0.1) is 27.7 Å². The molecule has 2 atom stereocenters. The molecule has 1 aliphatic rings. The van der Waals surface area contributed by atoms with E-state index in [-0.39, 0.29) is 6.10 Å². The molecule has 0 amide bonds. The average molecular weight is 447 g/mol. The first-order valence-corrected chi connectivity index (χ1v) is 12.7. The predicted molar refractivity (Wildman–Crippen MR) is 133 cm³/mol. The van der Waals surface area contributed by atoms with Crippen molar-refractivity contribution in [2.75, 3.05) is 0 Å². The van der Waals surface area contributed by atoms with E-state index in [1.165, 1.54) is 40.7 Å². The average Bonchev–Trinajstić information content (AvgIpc) is 2.97. The van der Waals surface area contributed by atoms with E-state index in [2.05, 4.69) is 82.3 Å². The summed E-state index contributed by atoms with van der Waals surface area (Å²) in [5.41, 5.74) is 8.04. The molecule has 0 unspecified atom stereocenters. The van der Waals surface area contributed by atoms with E-state index in [0.717, 1.165) is 34.8 Å². The molecule has 166 valence electrons. The highest BCUT2D eigenvalue weighted by Crippen LogP contribution is 2.42. The molecule has 1 saturated carbocycles. The van der Waals surface area contributed by atoms with Crippen LogP contribution < -0.4 is 4.52 Å². The summed E-state index contributed by atoms with van der Waals surface area (Å²) in [5.74, 6) is 0.376. The SMILES string of the molecule is Cc1ccc2op(O[C@@H]3CCCC[C@H]3c3ccccc3)oc3ccc(C)c(C)c3c2c1C. The number of hydrogen-bond acceptors (Lipinski definition) is 3. The smallest absolute Gasteiger partial charge is 0.387 e. The van der Waals surface area contributed by atoms with Gasteiger partial charge >= 0.3 is 8.24 Å². The molecule has 3 nitrogen and oxygen atoms in total. The van der Waals surface area contributed by atoms with Gasteiger partial charge in [0.2, 0.25) is 0 Å². The second-order valence-corrected chi connectivity index (χ2v) is 10.1. The van der Waals surface area contributed by atoms with Crippen molar-refractivity contribution in [1.29, 1.82) is 0 Å². The van der Waals surface area contributed by atoms with Crippen molar-refractivity contribution in [2.45, 2.75) is 65.4 Å². The van der Waals surface area contributed by atoms with Crippen LogP contribution in [0.3, 0.4) is 0 Å². The summed E-state index contributed by atoms with van der Waals surface area (Å²) in [5, 5.41) is 2.27. The van der Waals surface area contributed by atoms with Gasteiger partial charge in [0.25, 0.3) is 0 Å². The molecule has 32 heavy (non-hydrogen) atoms. The number of hydrogen-bond donors (Lipinski definition) is 0. The van der Waals surface area contributed by atoms with E-state index in [1.807, 2.05) is 0 Å². The quantitative estimate of drug-likeness (QED) is 0.316. The molecule has 5 rings (SSSR count). The van der Waals surface area contributed by atoms with E-state index in [4.69, 9.17) is 12.9 Å². The van der Waals surface area contributed by atoms with Crippen molar-refractivity contribution < 1.29 is 12.9 Å². The molecule has 3 aromatic carbocycles. The Morgan fingerprint density at radius 3 is 1.88 bits per heavy atom. The maximum absolute atomic E-state index is 6.65. The zero-order chi connectivity index (χ0) is 22.2. The number of aryl methyl sites for hydroxylation is 4. The minimum absolute atomic E-state index is 0.0975. The Morgan fingerprint density at radius 1 is 0.719 bits per heavy atom. The van der Waals surface area contributed by atoms with Crippen molar-refractivity contribution in [1.82, 2.24) is 0 Å². The summed E-state index contributed by atoms with van der Waals surface area (Å²) in [6.07, 6.45) is 4.69. The number of rotatable bonds is 3. The summed E-state index contributed by atoms with van der Waals surface area (Å²) >= 11 is 0. The van der Waals surface area contributed by atoms with Crippen LogP contribution in [0.1, 0.15) is 59.4 Å². The summed E-state index contributed by atoms with van der Waals surface area (Å²) in [6, 6.07) is 19.2. The zero-order valence-electron chi connectivity index (χ0n) is 19.4. The van der Waals surface area contributed by atoms with E-state index in [0.29, 0.717) is 5.92 Å². The lowest BCUT2D eigenvalue weighted by molar-refractivity contribution is 0.172. The number of fused-ring (bicyclic) bond motifs is 3. The normalized spacial score (nSPS) is 18.9. The first-order valence-electron chi connectivity index (χ1n) is 11.6. The Balaban J connectivity index is 1.68. The van der Waals surface area contributed by atoms with Crippen molar-refractivity contribution in [2.24, 2.45) is 0 Å². The first kappa shape index (κ1) is 21.4. The molecule has 0 N–H and O–H groups in total. The van der Waals surface area contributed by atoms with Crippen LogP contribution in [-0.2, 0) is 0 Å². The van der Waals surface area contributed by atoms with Gasteiger partial charge in [-0.15, -0.1) is 0 Å². The molecule has 0 radical (unpaired) electrons. The lowest BCUT2D eigenvalue weighted by atomic mass is 9.82. The van der Waals surface area contributed by atoms with Crippen LogP contribution in [0.25, 0.3) is 21.9 Å². The van der Waals surface area contributed by atoms with E-state index >= 15 is 0 Å². The summed E-state index contributed by atoms with van der Waals surface area (Å²) in [7, 11) is -1.56. The van der Waals surface area contributed by atoms with Gasteiger partial charge in [-0.2, -0.15) is 0 Å². The third-order valence-corrected chi connectivity index (χ3v) is 8.28. The monoisotopic (exact) mass is 446 g/mol. The van der Waals surface area contributed by atoms with Crippen molar-refractivity contribution in [3.63, 3.8) is 0 Å². The van der Waals surface area contributed by atoms with Crippen LogP contribution in [0.15, 0.2) is 63.0 Å². The number of benzene rings is 3. The van der Waals surface area contributed by atoms with E-state index < -0.39 is 8.24 Å². The van der Waals surface area contributed by atoms with Crippen molar-refractivity contribution in [3.8, 4) is 0 Å². The Hall–Kier alpha value is -2.48. The first-order chi connectivity index (χ1) is 15.5. The zero-order valence-corrected chi connectivity index (χ0v) is 20.2. The molecule has 4 aromatic rings. The van der Waals surface area contributed by atoms with Gasteiger partial charge < -0.3 is 8.39 Å². The summed E-state index contributed by atoms with van der Waals surface area (Å²) < 4.78 is 19.6. The maximum atomic E-state index is 6.65. The second-order valence-electron chi connectivity index (χ2n) is 9.11. The second kappa shape index (κ2) is 8.81. The molecule has 0 spiro atoms. The van der Waals surface area contributed by atoms with Gasteiger partial charge in [-0.25, -0.2) is 0 Å². The van der Waals surface area contributed by atoms with Gasteiger partial charge in [0.05, 0.1) is 6.10 Å². The van der Waals surface area contributed by atoms with Crippen LogP contribution in [-0.4, -0.2) is 6.10 Å². The van der Waals surface area contributed by atoms with Gasteiger partial charge in [0.15, 0.2) is 0 Å². The van der Waals surface area contributed by atoms with Crippen LogP contribution in [0.4, 0.5) is 0 Å². The molecular weight excluding hydrogens is 415 g/mol. The maximum Gasteiger partial charge on any atom is 0.387 e. The van der Waals surface area contributed by atoms with Crippen LogP contribution in [0.5, 0.6) is 0 Å². The lowest BCUT2D eigenvalue weighted by Crippen LogP contribution is -2.27. The topological polar surface area (TPSA) is 35.5 Å². The highest BCUT2D eigenvalue weighted by atomic mass is 31.1. The molecule has 4 heteroatoms. The van der Waals surface area contributed by atoms with Crippen LogP contribution >= 0.6 is 8.24 Å². The highest BCUT2D eigenvalue weighted by molar-refractivity contribution is 7.31. The minimum atomic E-state index is -1.56. The highest BCUT2D eigenvalue weighted by Gasteiger charge is 2.29. The fraction of sp³-hybridized carbons (Fsp3) is 0.357. The largest absolute Gasteiger partial charge is 0.399 e. The van der Waals surface area contributed by atoms with Crippen molar-refractivity contribution >= 4 is 30.2 Å². The Bertz CT molecular complexity index is 1240. The van der Waals surface area contributed by atoms with E-state index in [9.17, 15) is 0 Å². The Morgan fingerprint density at radius 2 is 1.28 bits per heavy atom. The summed E-state index contributed by atoms with van der Waals surface area (Å²) in [4.78, 5) is 0. The third-order valence-electron chi connectivity index (χ3n) is 7.14. The molecule has 0 saturated heterocycles. The van der Waals surface area contributed by atoms with Gasteiger partial charge in [0.1, 0.15) is 11.2 Å². The fourth-order valence-corrected chi connectivity index (χ4v) is 6.22. The molecule has 1 fully saturated rings. The van der Waals surface area contributed by atoms with Crippen molar-refractivity contribution in [3.05, 3.63) is 82.4 Å². The fourth-order valence-electron chi connectivity index (χ4n) is 4.99. The van der Waals surface area contributed by atoms with Gasteiger partial charge in [-0.1, -0.05) is 55.3 Å². The van der Waals surface area contributed by atoms with E-state index in [1.54, 1.807) is 0 Å². The van der Waals surface area contributed by atoms with Gasteiger partial charge in [0, 0.05) is 16.7 Å². The molecule has 1 aromatic heterocycles. The van der Waals surface area contributed by atoms with Gasteiger partial charge in [-0.3, -0.25) is 4.52 Å². The molecule has 1 aliphatic carbocycles. The molecule has 1 heterocycles.